The lowest BCUT2D eigenvalue weighted by atomic mass is 9.93. The van der Waals surface area contributed by atoms with Gasteiger partial charge in [0.1, 0.15) is 10.7 Å². The molecule has 8 heteroatoms. The Morgan fingerprint density at radius 2 is 1.95 bits per heavy atom. The van der Waals surface area contributed by atoms with Crippen molar-refractivity contribution in [2.24, 2.45) is 5.41 Å². The number of hydrogen-bond acceptors (Lipinski definition) is 4. The predicted octanol–water partition coefficient (Wildman–Crippen LogP) is 4.11. The largest absolute Gasteiger partial charge is 0.462 e. The molecule has 0 amide bonds. The maximum atomic E-state index is 13.5. The molecule has 0 spiro atoms. The van der Waals surface area contributed by atoms with Gasteiger partial charge in [-0.15, -0.1) is 0 Å². The van der Waals surface area contributed by atoms with E-state index in [2.05, 4.69) is 15.9 Å². The van der Waals surface area contributed by atoms with E-state index in [0.717, 1.165) is 12.1 Å². The topological polar surface area (TPSA) is 60.4 Å². The summed E-state index contributed by atoms with van der Waals surface area (Å²) in [4.78, 5) is 11.4. The molecule has 0 heterocycles. The summed E-state index contributed by atoms with van der Waals surface area (Å²) in [5, 5.41) is 0. The number of benzene rings is 1. The molecule has 118 valence electrons. The van der Waals surface area contributed by atoms with Gasteiger partial charge in [0.2, 0.25) is 0 Å². The normalized spacial score (nSPS) is 12.3. The van der Waals surface area contributed by atoms with Gasteiger partial charge in [-0.1, -0.05) is 20.8 Å². The highest BCUT2D eigenvalue weighted by molar-refractivity contribution is 9.10. The van der Waals surface area contributed by atoms with Gasteiger partial charge < -0.3 is 4.74 Å². The van der Waals surface area contributed by atoms with Crippen LogP contribution in [-0.2, 0) is 13.8 Å². The van der Waals surface area contributed by atoms with Crippen LogP contribution in [0, 0.1) is 11.2 Å². The van der Waals surface area contributed by atoms with Crippen molar-refractivity contribution < 1.29 is 22.3 Å². The van der Waals surface area contributed by atoms with Crippen LogP contribution < -0.4 is 0 Å². The monoisotopic (exact) mass is 400 g/mol. The molecule has 0 saturated carbocycles. The third-order valence-electron chi connectivity index (χ3n) is 2.57. The average Bonchev–Trinajstić information content (AvgIpc) is 2.28. The molecule has 1 aromatic rings. The van der Waals surface area contributed by atoms with Crippen molar-refractivity contribution in [2.45, 2.75) is 32.1 Å². The Balaban J connectivity index is 3.03. The molecule has 0 N–H and O–H groups in total. The van der Waals surface area contributed by atoms with Crippen molar-refractivity contribution in [1.82, 2.24) is 0 Å². The van der Waals surface area contributed by atoms with E-state index in [1.54, 1.807) is 0 Å². The molecule has 0 aliphatic carbocycles. The lowest BCUT2D eigenvalue weighted by Crippen LogP contribution is -2.14. The number of rotatable bonds is 4. The molecule has 1 aromatic carbocycles. The van der Waals surface area contributed by atoms with Crippen LogP contribution in [0.5, 0.6) is 0 Å². The van der Waals surface area contributed by atoms with Gasteiger partial charge in [0.05, 0.1) is 16.6 Å². The summed E-state index contributed by atoms with van der Waals surface area (Å²) in [5.41, 5.74) is -0.243. The van der Waals surface area contributed by atoms with Crippen molar-refractivity contribution >= 4 is 41.6 Å². The van der Waals surface area contributed by atoms with Crippen LogP contribution in [0.4, 0.5) is 4.39 Å². The van der Waals surface area contributed by atoms with Gasteiger partial charge in [-0.25, -0.2) is 17.6 Å². The van der Waals surface area contributed by atoms with E-state index < -0.39 is 25.7 Å². The van der Waals surface area contributed by atoms with Crippen molar-refractivity contribution in [2.75, 3.05) is 6.61 Å². The maximum Gasteiger partial charge on any atom is 0.339 e. The van der Waals surface area contributed by atoms with Crippen molar-refractivity contribution in [1.29, 1.82) is 0 Å². The number of esters is 1. The van der Waals surface area contributed by atoms with Crippen molar-refractivity contribution in [3.8, 4) is 0 Å². The lowest BCUT2D eigenvalue weighted by Gasteiger charge is -2.17. The van der Waals surface area contributed by atoms with E-state index in [9.17, 15) is 17.6 Å². The third-order valence-corrected chi connectivity index (χ3v) is 5.03. The van der Waals surface area contributed by atoms with Crippen LogP contribution in [-0.4, -0.2) is 21.0 Å². The Morgan fingerprint density at radius 1 is 1.38 bits per heavy atom. The van der Waals surface area contributed by atoms with Gasteiger partial charge in [0.15, 0.2) is 0 Å². The zero-order valence-electron chi connectivity index (χ0n) is 11.7. The number of halogens is 3. The van der Waals surface area contributed by atoms with E-state index in [-0.39, 0.29) is 22.1 Å². The zero-order valence-corrected chi connectivity index (χ0v) is 14.9. The molecular formula is C13H15BrClFO4S. The minimum absolute atomic E-state index is 0.0237. The van der Waals surface area contributed by atoms with Crippen molar-refractivity contribution in [3.05, 3.63) is 28.0 Å². The highest BCUT2D eigenvalue weighted by atomic mass is 79.9. The highest BCUT2D eigenvalue weighted by Crippen LogP contribution is 2.30. The molecule has 0 radical (unpaired) electrons. The van der Waals surface area contributed by atoms with Crippen LogP contribution in [0.25, 0.3) is 0 Å². The Hall–Kier alpha value is -0.660. The smallest absolute Gasteiger partial charge is 0.339 e. The summed E-state index contributed by atoms with van der Waals surface area (Å²) in [5.74, 6) is -1.70. The zero-order chi connectivity index (χ0) is 16.4. The Labute approximate surface area is 136 Å². The predicted molar refractivity (Wildman–Crippen MR) is 81.5 cm³/mol. The summed E-state index contributed by atoms with van der Waals surface area (Å²) in [7, 11) is 1.02. The second kappa shape index (κ2) is 6.62. The first-order chi connectivity index (χ1) is 9.42. The van der Waals surface area contributed by atoms with Crippen LogP contribution >= 0.6 is 26.6 Å². The summed E-state index contributed by atoms with van der Waals surface area (Å²) < 4.78 is 41.1. The fourth-order valence-corrected chi connectivity index (χ4v) is 3.67. The molecule has 4 nitrogen and oxygen atoms in total. The molecule has 0 saturated heterocycles. The first-order valence-corrected chi connectivity index (χ1v) is 9.13. The lowest BCUT2D eigenvalue weighted by molar-refractivity contribution is 0.0463. The minimum Gasteiger partial charge on any atom is -0.462 e. The molecule has 0 bridgehead atoms. The maximum absolute atomic E-state index is 13.5. The fraction of sp³-hybridized carbons (Fsp3) is 0.462. The van der Waals surface area contributed by atoms with Gasteiger partial charge in [-0.05, 0) is 39.9 Å². The SMILES string of the molecule is CC(C)(C)CCOC(=O)c1cc(F)cc(S(=O)(=O)Cl)c1Br. The van der Waals surface area contributed by atoms with Crippen LogP contribution in [0.15, 0.2) is 21.5 Å². The molecule has 0 aromatic heterocycles. The summed E-state index contributed by atoms with van der Waals surface area (Å²) in [6.07, 6.45) is 0.617. The summed E-state index contributed by atoms with van der Waals surface area (Å²) >= 11 is 2.95. The van der Waals surface area contributed by atoms with Crippen LogP contribution in [0.1, 0.15) is 37.6 Å². The average molecular weight is 402 g/mol. The number of carbonyl (C=O) groups is 1. The molecule has 21 heavy (non-hydrogen) atoms. The number of carbonyl (C=O) groups excluding carboxylic acids is 1. The summed E-state index contributed by atoms with van der Waals surface area (Å²) in [6, 6.07) is 1.63. The van der Waals surface area contributed by atoms with Crippen LogP contribution in [0.2, 0.25) is 0 Å². The fourth-order valence-electron chi connectivity index (χ4n) is 1.42. The first kappa shape index (κ1) is 18.4. The minimum atomic E-state index is -4.18. The molecule has 0 fully saturated rings. The Kier molecular flexibility index (Phi) is 5.80. The Bertz CT molecular complexity index is 653. The number of ether oxygens (including phenoxy) is 1. The molecule has 0 aliphatic rings. The van der Waals surface area contributed by atoms with Gasteiger partial charge in [0, 0.05) is 10.7 Å². The standard InChI is InChI=1S/C13H15BrClFO4S/c1-13(2,3)4-5-20-12(17)9-6-8(16)7-10(11(9)14)21(15,18)19/h6-7H,4-5H2,1-3H3. The summed E-state index contributed by atoms with van der Waals surface area (Å²) in [6.45, 7) is 6.10. The molecule has 0 aliphatic heterocycles. The molecule has 1 rings (SSSR count). The second-order valence-corrected chi connectivity index (χ2v) is 8.98. The van der Waals surface area contributed by atoms with Crippen LogP contribution in [0.3, 0.4) is 0 Å². The van der Waals surface area contributed by atoms with E-state index in [1.165, 1.54) is 0 Å². The molecular weight excluding hydrogens is 387 g/mol. The van der Waals surface area contributed by atoms with E-state index in [1.807, 2.05) is 20.8 Å². The van der Waals surface area contributed by atoms with Gasteiger partial charge >= 0.3 is 5.97 Å². The first-order valence-electron chi connectivity index (χ1n) is 6.02. The molecule has 0 unspecified atom stereocenters. The second-order valence-electron chi connectivity index (χ2n) is 5.65. The number of hydrogen-bond donors (Lipinski definition) is 0. The van der Waals surface area contributed by atoms with Gasteiger partial charge in [-0.2, -0.15) is 0 Å². The van der Waals surface area contributed by atoms with E-state index in [0.29, 0.717) is 6.42 Å². The highest BCUT2D eigenvalue weighted by Gasteiger charge is 2.23. The van der Waals surface area contributed by atoms with Crippen molar-refractivity contribution in [3.63, 3.8) is 0 Å². The Morgan fingerprint density at radius 3 is 2.43 bits per heavy atom. The molecule has 0 atom stereocenters. The van der Waals surface area contributed by atoms with Gasteiger partial charge in [-0.3, -0.25) is 0 Å². The third kappa shape index (κ3) is 5.56. The van der Waals surface area contributed by atoms with Gasteiger partial charge in [0.25, 0.3) is 9.05 Å². The quantitative estimate of drug-likeness (QED) is 0.563. The van der Waals surface area contributed by atoms with E-state index in [4.69, 9.17) is 15.4 Å². The van der Waals surface area contributed by atoms with E-state index >= 15 is 0 Å².